The Morgan fingerprint density at radius 1 is 1.35 bits per heavy atom. The Hall–Kier alpha value is -0.770. The van der Waals surface area contributed by atoms with Crippen LogP contribution in [0.3, 0.4) is 0 Å². The third kappa shape index (κ3) is 1.92. The maximum atomic E-state index is 6.08. The Labute approximate surface area is 104 Å². The van der Waals surface area contributed by atoms with Crippen molar-refractivity contribution >= 4 is 5.96 Å². The molecule has 1 aliphatic carbocycles. The quantitative estimate of drug-likeness (QED) is 0.796. The van der Waals surface area contributed by atoms with E-state index < -0.39 is 0 Å². The predicted octanol–water partition coefficient (Wildman–Crippen LogP) is 1.02. The normalized spacial score (nSPS) is 28.8. The maximum Gasteiger partial charge on any atom is 0.192 e. The van der Waals surface area contributed by atoms with E-state index in [2.05, 4.69) is 21.7 Å². The first kappa shape index (κ1) is 11.3. The van der Waals surface area contributed by atoms with E-state index in [4.69, 9.17) is 5.73 Å². The third-order valence-corrected chi connectivity index (χ3v) is 4.53. The SMILES string of the molecule is CCCN1CCC2(CC1)CN=C(N)N2C1CC1. The molecule has 0 bridgehead atoms. The van der Waals surface area contributed by atoms with Crippen LogP contribution in [0, 0.1) is 0 Å². The Morgan fingerprint density at radius 3 is 2.65 bits per heavy atom. The summed E-state index contributed by atoms with van der Waals surface area (Å²) in [6.45, 7) is 6.89. The Balaban J connectivity index is 1.67. The third-order valence-electron chi connectivity index (χ3n) is 4.53. The van der Waals surface area contributed by atoms with Crippen LogP contribution in [-0.4, -0.2) is 53.5 Å². The highest BCUT2D eigenvalue weighted by molar-refractivity contribution is 5.81. The molecule has 96 valence electrons. The molecule has 0 atom stereocenters. The van der Waals surface area contributed by atoms with E-state index in [9.17, 15) is 0 Å². The van der Waals surface area contributed by atoms with Gasteiger partial charge in [0.2, 0.25) is 0 Å². The summed E-state index contributed by atoms with van der Waals surface area (Å²) in [7, 11) is 0. The van der Waals surface area contributed by atoms with E-state index >= 15 is 0 Å². The fraction of sp³-hybridized carbons (Fsp3) is 0.923. The molecule has 0 radical (unpaired) electrons. The number of rotatable bonds is 3. The highest BCUT2D eigenvalue weighted by Gasteiger charge is 2.49. The number of piperidine rings is 1. The molecule has 0 aromatic carbocycles. The number of guanidine groups is 1. The van der Waals surface area contributed by atoms with Crippen LogP contribution in [0.25, 0.3) is 0 Å². The van der Waals surface area contributed by atoms with Gasteiger partial charge in [0.05, 0.1) is 12.1 Å². The molecule has 17 heavy (non-hydrogen) atoms. The van der Waals surface area contributed by atoms with Gasteiger partial charge in [-0.15, -0.1) is 0 Å². The smallest absolute Gasteiger partial charge is 0.192 e. The van der Waals surface area contributed by atoms with Crippen molar-refractivity contribution in [3.05, 3.63) is 0 Å². The molecule has 2 N–H and O–H groups in total. The molecule has 2 fully saturated rings. The first-order valence-electron chi connectivity index (χ1n) is 7.07. The minimum absolute atomic E-state index is 0.287. The Bertz CT molecular complexity index is 313. The van der Waals surface area contributed by atoms with Gasteiger partial charge in [-0.2, -0.15) is 0 Å². The Kier molecular flexibility index (Phi) is 2.77. The zero-order valence-electron chi connectivity index (χ0n) is 10.9. The molecule has 2 aliphatic heterocycles. The minimum atomic E-state index is 0.287. The summed E-state index contributed by atoms with van der Waals surface area (Å²) in [4.78, 5) is 9.59. The maximum absolute atomic E-state index is 6.08. The lowest BCUT2D eigenvalue weighted by Gasteiger charge is -2.45. The molecule has 1 saturated carbocycles. The van der Waals surface area contributed by atoms with Crippen LogP contribution in [0.4, 0.5) is 0 Å². The summed E-state index contributed by atoms with van der Waals surface area (Å²) in [6.07, 6.45) is 6.38. The van der Waals surface area contributed by atoms with Gasteiger partial charge in [-0.1, -0.05) is 6.92 Å². The van der Waals surface area contributed by atoms with Gasteiger partial charge in [0, 0.05) is 19.1 Å². The summed E-state index contributed by atoms with van der Waals surface area (Å²) in [5.41, 5.74) is 6.37. The first-order chi connectivity index (χ1) is 8.25. The summed E-state index contributed by atoms with van der Waals surface area (Å²) < 4.78 is 0. The summed E-state index contributed by atoms with van der Waals surface area (Å²) in [5.74, 6) is 0.816. The van der Waals surface area contributed by atoms with Gasteiger partial charge in [0.25, 0.3) is 0 Å². The minimum Gasteiger partial charge on any atom is -0.370 e. The first-order valence-corrected chi connectivity index (χ1v) is 7.07. The van der Waals surface area contributed by atoms with E-state index in [1.807, 2.05) is 0 Å². The molecule has 2 heterocycles. The van der Waals surface area contributed by atoms with Gasteiger partial charge in [-0.25, -0.2) is 0 Å². The molecule has 0 aromatic rings. The van der Waals surface area contributed by atoms with Crippen molar-refractivity contribution in [2.45, 2.75) is 50.6 Å². The molecule has 3 aliphatic rings. The Morgan fingerprint density at radius 2 is 2.06 bits per heavy atom. The van der Waals surface area contributed by atoms with Crippen LogP contribution < -0.4 is 5.73 Å². The number of hydrogen-bond donors (Lipinski definition) is 1. The van der Waals surface area contributed by atoms with E-state index in [-0.39, 0.29) is 5.54 Å². The van der Waals surface area contributed by atoms with Crippen LogP contribution in [-0.2, 0) is 0 Å². The van der Waals surface area contributed by atoms with Crippen molar-refractivity contribution in [3.63, 3.8) is 0 Å². The van der Waals surface area contributed by atoms with Gasteiger partial charge in [0.15, 0.2) is 5.96 Å². The number of likely N-dealkylation sites (tertiary alicyclic amines) is 1. The van der Waals surface area contributed by atoms with Crippen LogP contribution in [0.5, 0.6) is 0 Å². The molecule has 1 spiro atoms. The molecule has 0 amide bonds. The summed E-state index contributed by atoms with van der Waals surface area (Å²) in [5, 5.41) is 0. The molecule has 0 unspecified atom stereocenters. The lowest BCUT2D eigenvalue weighted by atomic mass is 9.86. The zero-order valence-corrected chi connectivity index (χ0v) is 10.9. The second-order valence-electron chi connectivity index (χ2n) is 5.84. The topological polar surface area (TPSA) is 44.9 Å². The fourth-order valence-corrected chi connectivity index (χ4v) is 3.44. The van der Waals surface area contributed by atoms with Crippen molar-refractivity contribution in [2.75, 3.05) is 26.2 Å². The van der Waals surface area contributed by atoms with Crippen molar-refractivity contribution in [2.24, 2.45) is 10.7 Å². The van der Waals surface area contributed by atoms with Crippen LogP contribution in [0.15, 0.2) is 4.99 Å². The fourth-order valence-electron chi connectivity index (χ4n) is 3.44. The van der Waals surface area contributed by atoms with E-state index in [1.54, 1.807) is 0 Å². The van der Waals surface area contributed by atoms with Crippen LogP contribution >= 0.6 is 0 Å². The molecular formula is C13H24N4. The van der Waals surface area contributed by atoms with E-state index in [0.29, 0.717) is 6.04 Å². The number of hydrogen-bond acceptors (Lipinski definition) is 4. The molecule has 4 heteroatoms. The molecule has 1 saturated heterocycles. The summed E-state index contributed by atoms with van der Waals surface area (Å²) >= 11 is 0. The number of aliphatic imine (C=N–C) groups is 1. The van der Waals surface area contributed by atoms with E-state index in [0.717, 1.165) is 12.5 Å². The zero-order chi connectivity index (χ0) is 11.9. The van der Waals surface area contributed by atoms with Crippen LogP contribution in [0.2, 0.25) is 0 Å². The lowest BCUT2D eigenvalue weighted by Crippen LogP contribution is -2.58. The molecular weight excluding hydrogens is 212 g/mol. The average Bonchev–Trinajstić information content (AvgIpc) is 3.10. The van der Waals surface area contributed by atoms with Crippen LogP contribution in [0.1, 0.15) is 39.0 Å². The second-order valence-corrected chi connectivity index (χ2v) is 5.84. The van der Waals surface area contributed by atoms with Gasteiger partial charge in [-0.3, -0.25) is 4.99 Å². The van der Waals surface area contributed by atoms with Crippen molar-refractivity contribution in [1.29, 1.82) is 0 Å². The van der Waals surface area contributed by atoms with Gasteiger partial charge in [0.1, 0.15) is 0 Å². The molecule has 0 aromatic heterocycles. The van der Waals surface area contributed by atoms with Crippen molar-refractivity contribution in [1.82, 2.24) is 9.80 Å². The van der Waals surface area contributed by atoms with E-state index in [1.165, 1.54) is 51.7 Å². The highest BCUT2D eigenvalue weighted by Crippen LogP contribution is 2.40. The lowest BCUT2D eigenvalue weighted by molar-refractivity contribution is 0.0816. The predicted molar refractivity (Wildman–Crippen MR) is 70.0 cm³/mol. The molecule has 4 nitrogen and oxygen atoms in total. The van der Waals surface area contributed by atoms with Crippen molar-refractivity contribution < 1.29 is 0 Å². The highest BCUT2D eigenvalue weighted by atomic mass is 15.4. The summed E-state index contributed by atoms with van der Waals surface area (Å²) in [6, 6.07) is 0.707. The van der Waals surface area contributed by atoms with Gasteiger partial charge < -0.3 is 15.5 Å². The molecule has 3 rings (SSSR count). The van der Waals surface area contributed by atoms with Crippen molar-refractivity contribution in [3.8, 4) is 0 Å². The van der Waals surface area contributed by atoms with Gasteiger partial charge >= 0.3 is 0 Å². The average molecular weight is 236 g/mol. The largest absolute Gasteiger partial charge is 0.370 e. The number of nitrogens with two attached hydrogens (primary N) is 1. The number of nitrogens with zero attached hydrogens (tertiary/aromatic N) is 3. The standard InChI is InChI=1S/C13H24N4/c1-2-7-16-8-5-13(6-9-16)10-15-12(14)17(13)11-3-4-11/h11H,2-10H2,1H3,(H2,14,15). The monoisotopic (exact) mass is 236 g/mol. The van der Waals surface area contributed by atoms with Gasteiger partial charge in [-0.05, 0) is 38.6 Å². The second kappa shape index (κ2) is 4.16.